The van der Waals surface area contributed by atoms with Crippen molar-refractivity contribution in [2.75, 3.05) is 11.9 Å². The number of alkyl carbamates (subject to hydrolysis) is 1. The molecular weight excluding hydrogens is 526 g/mol. The highest BCUT2D eigenvalue weighted by Crippen LogP contribution is 2.19. The van der Waals surface area contributed by atoms with E-state index >= 15 is 0 Å². The number of hydrogen-bond acceptors (Lipinski definition) is 6. The van der Waals surface area contributed by atoms with Gasteiger partial charge < -0.3 is 30.2 Å². The average Bonchev–Trinajstić information content (AvgIpc) is 3.42. The van der Waals surface area contributed by atoms with E-state index in [4.69, 9.17) is 14.3 Å². The Kier molecular flexibility index (Phi) is 9.87. The summed E-state index contributed by atoms with van der Waals surface area (Å²) in [5.74, 6) is -2.08. The van der Waals surface area contributed by atoms with Crippen molar-refractivity contribution >= 4 is 46.6 Å². The first-order valence-corrected chi connectivity index (χ1v) is 12.9. The summed E-state index contributed by atoms with van der Waals surface area (Å²) in [5, 5.41) is 17.8. The van der Waals surface area contributed by atoms with Gasteiger partial charge in [0.25, 0.3) is 5.91 Å². The topological polar surface area (TPSA) is 147 Å². The number of carboxylic acid groups (broad SMARTS) is 1. The Morgan fingerprint density at radius 2 is 1.71 bits per heavy atom. The Morgan fingerprint density at radius 1 is 0.927 bits per heavy atom. The van der Waals surface area contributed by atoms with E-state index in [9.17, 15) is 19.2 Å². The van der Waals surface area contributed by atoms with Crippen molar-refractivity contribution in [3.8, 4) is 0 Å². The quantitative estimate of drug-likeness (QED) is 0.142. The number of fused-ring (bicyclic) bond motifs is 1. The number of carboxylic acids is 1. The minimum Gasteiger partial charge on any atom is -0.478 e. The Bertz CT molecular complexity index is 1510. The molecule has 0 aliphatic heterocycles. The number of furan rings is 1. The first-order chi connectivity index (χ1) is 19.9. The number of ether oxygens (including phenoxy) is 1. The molecule has 0 aliphatic rings. The monoisotopic (exact) mass is 555 g/mol. The summed E-state index contributed by atoms with van der Waals surface area (Å²) >= 11 is 0. The van der Waals surface area contributed by atoms with Crippen LogP contribution in [0, 0.1) is 0 Å². The van der Waals surface area contributed by atoms with Gasteiger partial charge in [0.15, 0.2) is 5.76 Å². The van der Waals surface area contributed by atoms with Crippen LogP contribution in [0.3, 0.4) is 0 Å². The van der Waals surface area contributed by atoms with E-state index in [-0.39, 0.29) is 25.3 Å². The van der Waals surface area contributed by atoms with E-state index in [0.29, 0.717) is 23.3 Å². The third-order valence-corrected chi connectivity index (χ3v) is 6.00. The van der Waals surface area contributed by atoms with E-state index in [1.165, 1.54) is 6.08 Å². The molecule has 4 rings (SSSR count). The molecular formula is C31H29N3O7. The van der Waals surface area contributed by atoms with Crippen LogP contribution in [-0.4, -0.2) is 41.6 Å². The molecule has 0 bridgehead atoms. The van der Waals surface area contributed by atoms with Crippen molar-refractivity contribution < 1.29 is 33.4 Å². The Morgan fingerprint density at radius 3 is 2.49 bits per heavy atom. The van der Waals surface area contributed by atoms with Crippen LogP contribution < -0.4 is 16.0 Å². The van der Waals surface area contributed by atoms with Gasteiger partial charge >= 0.3 is 12.1 Å². The largest absolute Gasteiger partial charge is 0.478 e. The molecule has 0 saturated heterocycles. The lowest BCUT2D eigenvalue weighted by Crippen LogP contribution is -2.44. The van der Waals surface area contributed by atoms with Gasteiger partial charge in [-0.1, -0.05) is 60.7 Å². The number of amides is 3. The fraction of sp³-hybridized carbons (Fsp3) is 0.161. The molecule has 3 aromatic carbocycles. The molecule has 41 heavy (non-hydrogen) atoms. The van der Waals surface area contributed by atoms with Crippen LogP contribution >= 0.6 is 0 Å². The van der Waals surface area contributed by atoms with Crippen molar-refractivity contribution in [1.82, 2.24) is 10.6 Å². The fourth-order valence-corrected chi connectivity index (χ4v) is 3.98. The third-order valence-electron chi connectivity index (χ3n) is 6.00. The summed E-state index contributed by atoms with van der Waals surface area (Å²) in [5.41, 5.74) is 2.40. The number of benzene rings is 3. The van der Waals surface area contributed by atoms with E-state index in [1.54, 1.807) is 42.5 Å². The van der Waals surface area contributed by atoms with Crippen molar-refractivity contribution in [3.63, 3.8) is 0 Å². The first-order valence-electron chi connectivity index (χ1n) is 12.9. The molecule has 10 nitrogen and oxygen atoms in total. The van der Waals surface area contributed by atoms with E-state index < -0.39 is 29.9 Å². The lowest BCUT2D eigenvalue weighted by atomic mass is 10.1. The van der Waals surface area contributed by atoms with Crippen LogP contribution in [0.5, 0.6) is 0 Å². The zero-order chi connectivity index (χ0) is 29.0. The molecule has 0 unspecified atom stereocenters. The van der Waals surface area contributed by atoms with E-state index in [2.05, 4.69) is 16.0 Å². The van der Waals surface area contributed by atoms with E-state index in [0.717, 1.165) is 17.0 Å². The molecule has 4 aromatic rings. The Balaban J connectivity index is 1.38. The second-order valence-corrected chi connectivity index (χ2v) is 9.09. The Hall–Kier alpha value is -5.38. The van der Waals surface area contributed by atoms with Gasteiger partial charge in [-0.3, -0.25) is 9.59 Å². The summed E-state index contributed by atoms with van der Waals surface area (Å²) in [6.45, 7) is 0.347. The summed E-state index contributed by atoms with van der Waals surface area (Å²) in [6, 6.07) is 23.7. The maximum absolute atomic E-state index is 13.2. The second kappa shape index (κ2) is 14.1. The number of rotatable bonds is 12. The van der Waals surface area contributed by atoms with Crippen LogP contribution in [0.2, 0.25) is 0 Å². The van der Waals surface area contributed by atoms with E-state index in [1.807, 2.05) is 42.5 Å². The summed E-state index contributed by atoms with van der Waals surface area (Å²) in [4.78, 5) is 49.1. The summed E-state index contributed by atoms with van der Waals surface area (Å²) < 4.78 is 10.8. The number of para-hydroxylation sites is 1. The van der Waals surface area contributed by atoms with Gasteiger partial charge in [0, 0.05) is 23.7 Å². The predicted octanol–water partition coefficient (Wildman–Crippen LogP) is 4.97. The maximum Gasteiger partial charge on any atom is 0.407 e. The molecule has 210 valence electrons. The highest BCUT2D eigenvalue weighted by atomic mass is 16.5. The minimum atomic E-state index is -1.09. The van der Waals surface area contributed by atoms with Crippen molar-refractivity contribution in [3.05, 3.63) is 108 Å². The molecule has 0 fully saturated rings. The number of nitrogens with one attached hydrogen (secondary N) is 3. The maximum atomic E-state index is 13.2. The standard InChI is InChI=1S/C31H29N3O7/c35-28(36)16-15-21-10-6-12-24(18-21)33-29(37)25(34-30(38)27-19-23-11-4-5-14-26(23)41-27)13-7-17-32-31(39)40-20-22-8-2-1-3-9-22/h1-6,8-12,14-16,18-19,25H,7,13,17,20H2,(H,32,39)(H,33,37)(H,34,38)(H,35,36)/b16-15+/t25-/m0/s1. The van der Waals surface area contributed by atoms with Gasteiger partial charge in [0.1, 0.15) is 18.2 Å². The number of carbonyl (C=O) groups excluding carboxylic acids is 3. The third kappa shape index (κ3) is 8.82. The molecule has 1 heterocycles. The highest BCUT2D eigenvalue weighted by Gasteiger charge is 2.23. The smallest absolute Gasteiger partial charge is 0.407 e. The van der Waals surface area contributed by atoms with Crippen LogP contribution in [0.4, 0.5) is 10.5 Å². The molecule has 3 amide bonds. The lowest BCUT2D eigenvalue weighted by molar-refractivity contribution is -0.131. The molecule has 1 atom stereocenters. The SMILES string of the molecule is O=C(O)/C=C/c1cccc(NC(=O)[C@H](CCCNC(=O)OCc2ccccc2)NC(=O)c2cc3ccccc3o2)c1. The number of aliphatic carboxylic acids is 1. The van der Waals surface area contributed by atoms with Gasteiger partial charge in [-0.15, -0.1) is 0 Å². The summed E-state index contributed by atoms with van der Waals surface area (Å²) in [6.07, 6.45) is 2.37. The summed E-state index contributed by atoms with van der Waals surface area (Å²) in [7, 11) is 0. The normalized spacial score (nSPS) is 11.6. The van der Waals surface area contributed by atoms with Gasteiger partial charge in [-0.25, -0.2) is 9.59 Å². The van der Waals surface area contributed by atoms with Crippen LogP contribution in [0.25, 0.3) is 17.0 Å². The fourth-order valence-electron chi connectivity index (χ4n) is 3.98. The van der Waals surface area contributed by atoms with Gasteiger partial charge in [0.05, 0.1) is 0 Å². The first kappa shape index (κ1) is 28.6. The molecule has 10 heteroatoms. The van der Waals surface area contributed by atoms with Crippen LogP contribution in [-0.2, 0) is 20.9 Å². The van der Waals surface area contributed by atoms with Crippen molar-refractivity contribution in [2.24, 2.45) is 0 Å². The van der Waals surface area contributed by atoms with Crippen LogP contribution in [0.15, 0.2) is 95.4 Å². The number of carbonyl (C=O) groups is 4. The van der Waals surface area contributed by atoms with Crippen LogP contribution in [0.1, 0.15) is 34.5 Å². The molecule has 0 aliphatic carbocycles. The molecule has 0 spiro atoms. The predicted molar refractivity (Wildman–Crippen MR) is 153 cm³/mol. The van der Waals surface area contributed by atoms with Crippen molar-refractivity contribution in [1.29, 1.82) is 0 Å². The van der Waals surface area contributed by atoms with Gasteiger partial charge in [0.2, 0.25) is 5.91 Å². The number of hydrogen-bond donors (Lipinski definition) is 4. The molecule has 1 aromatic heterocycles. The van der Waals surface area contributed by atoms with Gasteiger partial charge in [-0.05, 0) is 54.3 Å². The molecule has 0 saturated carbocycles. The Labute approximate surface area is 236 Å². The lowest BCUT2D eigenvalue weighted by Gasteiger charge is -2.18. The molecule has 0 radical (unpaired) electrons. The average molecular weight is 556 g/mol. The zero-order valence-corrected chi connectivity index (χ0v) is 22.0. The minimum absolute atomic E-state index is 0.0624. The van der Waals surface area contributed by atoms with Gasteiger partial charge in [-0.2, -0.15) is 0 Å². The molecule has 4 N–H and O–H groups in total. The highest BCUT2D eigenvalue weighted by molar-refractivity contribution is 6.01. The zero-order valence-electron chi connectivity index (χ0n) is 22.0. The second-order valence-electron chi connectivity index (χ2n) is 9.09. The number of anilines is 1. The van der Waals surface area contributed by atoms with Crippen molar-refractivity contribution in [2.45, 2.75) is 25.5 Å².